The van der Waals surface area contributed by atoms with Crippen LogP contribution in [0.2, 0.25) is 0 Å². The number of benzene rings is 1. The molecule has 1 aromatic heterocycles. The number of aromatic nitrogens is 1. The average molecular weight is 291 g/mol. The summed E-state index contributed by atoms with van der Waals surface area (Å²) in [7, 11) is 0. The van der Waals surface area contributed by atoms with Crippen LogP contribution in [0.1, 0.15) is 18.7 Å². The lowest BCUT2D eigenvalue weighted by atomic mass is 10.2. The molecule has 21 heavy (non-hydrogen) atoms. The Morgan fingerprint density at radius 3 is 2.95 bits per heavy atom. The molecule has 1 amide bonds. The van der Waals surface area contributed by atoms with Crippen molar-refractivity contribution in [2.24, 2.45) is 5.73 Å². The third kappa shape index (κ3) is 4.39. The molecule has 0 aliphatic carbocycles. The summed E-state index contributed by atoms with van der Waals surface area (Å²) in [5, 5.41) is 2.75. The van der Waals surface area contributed by atoms with Gasteiger partial charge in [-0.1, -0.05) is 12.1 Å². The number of carbonyl (C=O) groups excluding carboxylic acids is 1. The van der Waals surface area contributed by atoms with Crippen molar-refractivity contribution in [2.45, 2.75) is 19.3 Å². The van der Waals surface area contributed by atoms with Crippen molar-refractivity contribution >= 4 is 5.91 Å². The molecule has 0 fully saturated rings. The second kappa shape index (κ2) is 7.54. The molecule has 1 aromatic carbocycles. The minimum Gasteiger partial charge on any atom is -0.441 e. The Bertz CT molecular complexity index is 598. The number of rotatable bonds is 7. The Hall–Kier alpha value is -2.21. The lowest BCUT2D eigenvalue weighted by Crippen LogP contribution is -2.26. The molecular weight excluding hydrogens is 273 g/mol. The predicted molar refractivity (Wildman–Crippen MR) is 76.9 cm³/mol. The number of amides is 1. The number of nitrogens with one attached hydrogen (secondary N) is 1. The van der Waals surface area contributed by atoms with E-state index in [1.54, 1.807) is 18.2 Å². The van der Waals surface area contributed by atoms with Crippen molar-refractivity contribution in [3.63, 3.8) is 0 Å². The van der Waals surface area contributed by atoms with E-state index >= 15 is 0 Å². The second-order valence-corrected chi connectivity index (χ2v) is 4.59. The van der Waals surface area contributed by atoms with Gasteiger partial charge in [-0.05, 0) is 25.1 Å². The maximum absolute atomic E-state index is 13.6. The van der Waals surface area contributed by atoms with Crippen molar-refractivity contribution in [3.8, 4) is 11.3 Å². The van der Waals surface area contributed by atoms with Gasteiger partial charge in [0.2, 0.25) is 5.91 Å². The Balaban J connectivity index is 1.89. The molecule has 2 aromatic rings. The molecule has 0 radical (unpaired) electrons. The van der Waals surface area contributed by atoms with E-state index in [1.165, 1.54) is 12.3 Å². The van der Waals surface area contributed by atoms with Crippen molar-refractivity contribution in [1.29, 1.82) is 0 Å². The number of nitrogens with two attached hydrogens (primary N) is 1. The van der Waals surface area contributed by atoms with Gasteiger partial charge in [0.15, 0.2) is 11.7 Å². The Kier molecular flexibility index (Phi) is 5.45. The zero-order valence-electron chi connectivity index (χ0n) is 11.6. The molecule has 0 bridgehead atoms. The summed E-state index contributed by atoms with van der Waals surface area (Å²) in [5.74, 6) is 0.350. The minimum absolute atomic E-state index is 0.0749. The summed E-state index contributed by atoms with van der Waals surface area (Å²) in [6, 6.07) is 6.33. The fourth-order valence-corrected chi connectivity index (χ4v) is 1.85. The number of aryl methyl sites for hydroxylation is 1. The summed E-state index contributed by atoms with van der Waals surface area (Å²) >= 11 is 0. The molecule has 6 heteroatoms. The number of hydrogen-bond acceptors (Lipinski definition) is 4. The first kappa shape index (κ1) is 15.2. The molecule has 0 atom stereocenters. The van der Waals surface area contributed by atoms with Crippen LogP contribution in [0.25, 0.3) is 11.3 Å². The predicted octanol–water partition coefficient (Wildman–Crippen LogP) is 1.88. The first-order chi connectivity index (χ1) is 10.2. The van der Waals surface area contributed by atoms with E-state index in [0.29, 0.717) is 36.7 Å². The molecule has 2 rings (SSSR count). The van der Waals surface area contributed by atoms with Gasteiger partial charge in [0.1, 0.15) is 5.82 Å². The highest BCUT2D eigenvalue weighted by atomic mass is 19.1. The summed E-state index contributed by atoms with van der Waals surface area (Å²) in [6.07, 6.45) is 2.88. The average Bonchev–Trinajstić information content (AvgIpc) is 2.94. The number of hydrogen-bond donors (Lipinski definition) is 2. The van der Waals surface area contributed by atoms with Gasteiger partial charge in [0.25, 0.3) is 0 Å². The van der Waals surface area contributed by atoms with Crippen molar-refractivity contribution in [2.75, 3.05) is 13.1 Å². The number of halogens is 1. The molecule has 0 spiro atoms. The largest absolute Gasteiger partial charge is 0.441 e. The highest BCUT2D eigenvalue weighted by Gasteiger charge is 2.11. The Labute approximate surface area is 122 Å². The number of nitrogens with zero attached hydrogens (tertiary/aromatic N) is 1. The fraction of sp³-hybridized carbons (Fsp3) is 0.333. The van der Waals surface area contributed by atoms with Gasteiger partial charge in [0, 0.05) is 19.4 Å². The smallest absolute Gasteiger partial charge is 0.220 e. The lowest BCUT2D eigenvalue weighted by Gasteiger charge is -2.02. The highest BCUT2D eigenvalue weighted by molar-refractivity contribution is 5.76. The first-order valence-electron chi connectivity index (χ1n) is 6.87. The molecule has 0 aliphatic rings. The molecule has 0 saturated heterocycles. The van der Waals surface area contributed by atoms with E-state index in [4.69, 9.17) is 10.2 Å². The molecule has 0 saturated carbocycles. The molecule has 5 nitrogen and oxygen atoms in total. The summed E-state index contributed by atoms with van der Waals surface area (Å²) in [4.78, 5) is 15.6. The van der Waals surface area contributed by atoms with E-state index in [0.717, 1.165) is 6.42 Å². The van der Waals surface area contributed by atoms with E-state index in [1.807, 2.05) is 0 Å². The monoisotopic (exact) mass is 291 g/mol. The van der Waals surface area contributed by atoms with Gasteiger partial charge >= 0.3 is 0 Å². The van der Waals surface area contributed by atoms with E-state index in [-0.39, 0.29) is 18.1 Å². The molecule has 112 valence electrons. The number of carbonyl (C=O) groups is 1. The highest BCUT2D eigenvalue weighted by Crippen LogP contribution is 2.23. The number of oxazole rings is 1. The van der Waals surface area contributed by atoms with Crippen LogP contribution in [-0.4, -0.2) is 24.0 Å². The summed E-state index contributed by atoms with van der Waals surface area (Å²) < 4.78 is 19.1. The van der Waals surface area contributed by atoms with Crippen LogP contribution < -0.4 is 11.1 Å². The third-order valence-electron chi connectivity index (χ3n) is 2.96. The first-order valence-corrected chi connectivity index (χ1v) is 6.87. The van der Waals surface area contributed by atoms with E-state index in [2.05, 4.69) is 10.3 Å². The van der Waals surface area contributed by atoms with Gasteiger partial charge < -0.3 is 15.5 Å². The van der Waals surface area contributed by atoms with Crippen LogP contribution in [0.3, 0.4) is 0 Å². The normalized spacial score (nSPS) is 10.6. The zero-order valence-corrected chi connectivity index (χ0v) is 11.6. The van der Waals surface area contributed by atoms with Gasteiger partial charge in [-0.2, -0.15) is 0 Å². The topological polar surface area (TPSA) is 81.1 Å². The van der Waals surface area contributed by atoms with Gasteiger partial charge in [-0.25, -0.2) is 9.37 Å². The van der Waals surface area contributed by atoms with Crippen LogP contribution in [0.5, 0.6) is 0 Å². The van der Waals surface area contributed by atoms with Crippen LogP contribution in [0, 0.1) is 5.82 Å². The lowest BCUT2D eigenvalue weighted by molar-refractivity contribution is -0.121. The quantitative estimate of drug-likeness (QED) is 0.763. The van der Waals surface area contributed by atoms with E-state index < -0.39 is 0 Å². The second-order valence-electron chi connectivity index (χ2n) is 4.59. The Morgan fingerprint density at radius 1 is 1.38 bits per heavy atom. The van der Waals surface area contributed by atoms with Crippen molar-refractivity contribution in [1.82, 2.24) is 10.3 Å². The third-order valence-corrected chi connectivity index (χ3v) is 2.96. The molecule has 1 heterocycles. The van der Waals surface area contributed by atoms with Gasteiger partial charge in [-0.15, -0.1) is 0 Å². The van der Waals surface area contributed by atoms with Crippen molar-refractivity contribution < 1.29 is 13.6 Å². The maximum Gasteiger partial charge on any atom is 0.220 e. The Morgan fingerprint density at radius 2 is 2.19 bits per heavy atom. The van der Waals surface area contributed by atoms with Crippen molar-refractivity contribution in [3.05, 3.63) is 42.2 Å². The molecule has 3 N–H and O–H groups in total. The van der Waals surface area contributed by atoms with Crippen LogP contribution in [-0.2, 0) is 11.2 Å². The summed E-state index contributed by atoms with van der Waals surface area (Å²) in [6.45, 7) is 1.12. The standard InChI is InChI=1S/C15H18FN3O2/c16-12-5-2-1-4-11(12)13-10-19-15(21-13)7-6-14(20)18-9-3-8-17/h1-2,4-5,10H,3,6-9,17H2,(H,18,20). The molecule has 0 aliphatic heterocycles. The SMILES string of the molecule is NCCCNC(=O)CCc1ncc(-c2ccccc2F)o1. The zero-order chi connectivity index (χ0) is 15.1. The maximum atomic E-state index is 13.6. The summed E-state index contributed by atoms with van der Waals surface area (Å²) in [5.41, 5.74) is 5.71. The van der Waals surface area contributed by atoms with Gasteiger partial charge in [0.05, 0.1) is 11.8 Å². The van der Waals surface area contributed by atoms with Crippen LogP contribution >= 0.6 is 0 Å². The van der Waals surface area contributed by atoms with E-state index in [9.17, 15) is 9.18 Å². The van der Waals surface area contributed by atoms with Crippen LogP contribution in [0.15, 0.2) is 34.9 Å². The molecule has 0 unspecified atom stereocenters. The minimum atomic E-state index is -0.361. The molecular formula is C15H18FN3O2. The van der Waals surface area contributed by atoms with Crippen LogP contribution in [0.4, 0.5) is 4.39 Å². The van der Waals surface area contributed by atoms with Gasteiger partial charge in [-0.3, -0.25) is 4.79 Å². The fourth-order valence-electron chi connectivity index (χ4n) is 1.85.